The van der Waals surface area contributed by atoms with Gasteiger partial charge in [-0.05, 0) is 35.0 Å². The SMILES string of the molecule is CCCn1ncc(-c2nc(-c3ccnc(Cn4cnnn4)c3)no2)c1COc1ccc(C(F)(F)F)cn1. The van der Waals surface area contributed by atoms with Crippen LogP contribution in [0.5, 0.6) is 5.88 Å². The summed E-state index contributed by atoms with van der Waals surface area (Å²) >= 11 is 0. The van der Waals surface area contributed by atoms with Crippen molar-refractivity contribution >= 4 is 0 Å². The summed E-state index contributed by atoms with van der Waals surface area (Å²) in [6.45, 7) is 2.93. The number of hydrogen-bond donors (Lipinski definition) is 0. The molecule has 0 unspecified atom stereocenters. The molecule has 0 fully saturated rings. The molecule has 190 valence electrons. The lowest BCUT2D eigenvalue weighted by atomic mass is 10.2. The smallest absolute Gasteiger partial charge is 0.417 e. The molecule has 0 spiro atoms. The van der Waals surface area contributed by atoms with Gasteiger partial charge in [-0.1, -0.05) is 12.1 Å². The van der Waals surface area contributed by atoms with Crippen molar-refractivity contribution in [1.29, 1.82) is 0 Å². The standard InChI is InChI=1S/C22H19F3N10O2/c1-2-7-35-18(12-36-19-4-3-15(9-27-19)22(23,24)25)17(10-29-35)21-30-20(31-37-21)14-5-6-26-16(8-14)11-34-13-28-32-33-34/h3-6,8-10,13H,2,7,11-12H2,1H3. The Hall–Kier alpha value is -4.69. The van der Waals surface area contributed by atoms with E-state index in [1.165, 1.54) is 17.1 Å². The van der Waals surface area contributed by atoms with Crippen molar-refractivity contribution in [3.05, 3.63) is 66.1 Å². The van der Waals surface area contributed by atoms with Crippen molar-refractivity contribution in [1.82, 2.24) is 50.1 Å². The van der Waals surface area contributed by atoms with Crippen LogP contribution in [0.2, 0.25) is 0 Å². The quantitative estimate of drug-likeness (QED) is 0.289. The lowest BCUT2D eigenvalue weighted by Gasteiger charge is -2.10. The van der Waals surface area contributed by atoms with Gasteiger partial charge in [0.1, 0.15) is 12.9 Å². The van der Waals surface area contributed by atoms with E-state index < -0.39 is 11.7 Å². The minimum Gasteiger partial charge on any atom is -0.471 e. The topological polar surface area (TPSA) is 135 Å². The molecule has 0 aliphatic carbocycles. The van der Waals surface area contributed by atoms with E-state index in [0.717, 1.165) is 18.7 Å². The molecule has 0 N–H and O–H groups in total. The molecule has 0 aromatic carbocycles. The van der Waals surface area contributed by atoms with Crippen LogP contribution in [0, 0.1) is 0 Å². The van der Waals surface area contributed by atoms with Crippen LogP contribution in [0.3, 0.4) is 0 Å². The third kappa shape index (κ3) is 5.44. The highest BCUT2D eigenvalue weighted by Crippen LogP contribution is 2.30. The van der Waals surface area contributed by atoms with Gasteiger partial charge in [0.2, 0.25) is 11.7 Å². The lowest BCUT2D eigenvalue weighted by Crippen LogP contribution is -2.09. The van der Waals surface area contributed by atoms with E-state index in [9.17, 15) is 13.2 Å². The number of tetrazole rings is 1. The second kappa shape index (κ2) is 10.1. The normalized spacial score (nSPS) is 11.7. The molecule has 37 heavy (non-hydrogen) atoms. The molecule has 15 heteroatoms. The molecule has 12 nitrogen and oxygen atoms in total. The van der Waals surface area contributed by atoms with Crippen molar-refractivity contribution in [2.75, 3.05) is 0 Å². The minimum absolute atomic E-state index is 0.0171. The molecule has 0 aliphatic heterocycles. The van der Waals surface area contributed by atoms with Crippen LogP contribution in [-0.4, -0.2) is 50.1 Å². The van der Waals surface area contributed by atoms with Crippen molar-refractivity contribution in [3.8, 4) is 28.7 Å². The average Bonchev–Trinajstić information content (AvgIpc) is 3.65. The van der Waals surface area contributed by atoms with E-state index >= 15 is 0 Å². The molecule has 5 aromatic rings. The van der Waals surface area contributed by atoms with Crippen molar-refractivity contribution in [2.24, 2.45) is 0 Å². The Kier molecular flexibility index (Phi) is 6.57. The zero-order valence-corrected chi connectivity index (χ0v) is 19.4. The summed E-state index contributed by atoms with van der Waals surface area (Å²) in [5.74, 6) is 0.603. The van der Waals surface area contributed by atoms with Crippen LogP contribution in [0.25, 0.3) is 22.8 Å². The van der Waals surface area contributed by atoms with Gasteiger partial charge in [0.05, 0.1) is 35.3 Å². The van der Waals surface area contributed by atoms with Crippen molar-refractivity contribution in [3.63, 3.8) is 0 Å². The second-order valence-corrected chi connectivity index (χ2v) is 7.87. The molecule has 0 saturated carbocycles. The molecular weight excluding hydrogens is 493 g/mol. The number of halogens is 3. The Labute approximate surface area is 207 Å². The van der Waals surface area contributed by atoms with E-state index in [0.29, 0.717) is 41.4 Å². The summed E-state index contributed by atoms with van der Waals surface area (Å²) in [6, 6.07) is 5.64. The van der Waals surface area contributed by atoms with Crippen molar-refractivity contribution < 1.29 is 22.4 Å². The average molecular weight is 512 g/mol. The van der Waals surface area contributed by atoms with E-state index in [1.54, 1.807) is 29.2 Å². The molecular formula is C22H19F3N10O2. The summed E-state index contributed by atoms with van der Waals surface area (Å²) in [6.07, 6.45) is 1.74. The molecule has 5 aromatic heterocycles. The molecule has 0 radical (unpaired) electrons. The third-order valence-corrected chi connectivity index (χ3v) is 5.25. The highest BCUT2D eigenvalue weighted by molar-refractivity contribution is 5.61. The molecule has 5 rings (SSSR count). The third-order valence-electron chi connectivity index (χ3n) is 5.25. The van der Waals surface area contributed by atoms with Gasteiger partial charge in [0, 0.05) is 30.6 Å². The predicted octanol–water partition coefficient (Wildman–Crippen LogP) is 3.43. The fraction of sp³-hybridized carbons (Fsp3) is 0.273. The molecule has 5 heterocycles. The van der Waals surface area contributed by atoms with Crippen LogP contribution in [0.1, 0.15) is 30.3 Å². The number of pyridine rings is 2. The minimum atomic E-state index is -4.47. The lowest BCUT2D eigenvalue weighted by molar-refractivity contribution is -0.137. The van der Waals surface area contributed by atoms with Crippen LogP contribution < -0.4 is 4.74 Å². The highest BCUT2D eigenvalue weighted by Gasteiger charge is 2.30. The molecule has 0 bridgehead atoms. The van der Waals surface area contributed by atoms with Crippen LogP contribution in [0.15, 0.2) is 53.7 Å². The Morgan fingerprint density at radius 2 is 2.00 bits per heavy atom. The summed E-state index contributed by atoms with van der Waals surface area (Å²) in [5, 5.41) is 19.5. The zero-order valence-electron chi connectivity index (χ0n) is 19.4. The zero-order chi connectivity index (χ0) is 25.8. The number of hydrogen-bond acceptors (Lipinski definition) is 10. The monoisotopic (exact) mass is 512 g/mol. The Bertz CT molecular complexity index is 1460. The van der Waals surface area contributed by atoms with Gasteiger partial charge in [0.25, 0.3) is 5.89 Å². The van der Waals surface area contributed by atoms with Crippen LogP contribution in [0.4, 0.5) is 13.2 Å². The predicted molar refractivity (Wildman–Crippen MR) is 120 cm³/mol. The number of ether oxygens (including phenoxy) is 1. The first-order valence-corrected chi connectivity index (χ1v) is 11.1. The number of aryl methyl sites for hydroxylation is 1. The van der Waals surface area contributed by atoms with Crippen LogP contribution >= 0.6 is 0 Å². The first-order valence-electron chi connectivity index (χ1n) is 11.1. The first kappa shape index (κ1) is 24.0. The number of alkyl halides is 3. The van der Waals surface area contributed by atoms with Gasteiger partial charge >= 0.3 is 6.18 Å². The largest absolute Gasteiger partial charge is 0.471 e. The highest BCUT2D eigenvalue weighted by atomic mass is 19.4. The van der Waals surface area contributed by atoms with E-state index in [2.05, 4.69) is 40.7 Å². The second-order valence-electron chi connectivity index (χ2n) is 7.87. The summed E-state index contributed by atoms with van der Waals surface area (Å²) in [5.41, 5.74) is 1.69. The molecule has 0 saturated heterocycles. The van der Waals surface area contributed by atoms with Gasteiger partial charge in [-0.25, -0.2) is 9.67 Å². The van der Waals surface area contributed by atoms with Gasteiger partial charge in [-0.2, -0.15) is 23.3 Å². The van der Waals surface area contributed by atoms with Gasteiger partial charge < -0.3 is 9.26 Å². The van der Waals surface area contributed by atoms with Gasteiger partial charge in [0.15, 0.2) is 0 Å². The Balaban J connectivity index is 1.37. The van der Waals surface area contributed by atoms with E-state index in [-0.39, 0.29) is 18.4 Å². The molecule has 0 atom stereocenters. The van der Waals surface area contributed by atoms with Gasteiger partial charge in [-0.15, -0.1) is 5.10 Å². The summed E-state index contributed by atoms with van der Waals surface area (Å²) in [7, 11) is 0. The maximum Gasteiger partial charge on any atom is 0.417 e. The molecule has 0 aliphatic rings. The number of rotatable bonds is 9. The Morgan fingerprint density at radius 1 is 1.11 bits per heavy atom. The summed E-state index contributed by atoms with van der Waals surface area (Å²) in [4.78, 5) is 12.6. The first-order chi connectivity index (χ1) is 17.9. The van der Waals surface area contributed by atoms with Crippen molar-refractivity contribution in [2.45, 2.75) is 39.2 Å². The van der Waals surface area contributed by atoms with E-state index in [4.69, 9.17) is 9.26 Å². The number of nitrogens with zero attached hydrogens (tertiary/aromatic N) is 10. The maximum absolute atomic E-state index is 12.8. The van der Waals surface area contributed by atoms with Gasteiger partial charge in [-0.3, -0.25) is 9.67 Å². The van der Waals surface area contributed by atoms with Crippen LogP contribution in [-0.2, 0) is 25.9 Å². The summed E-state index contributed by atoms with van der Waals surface area (Å²) < 4.78 is 52.9. The fourth-order valence-corrected chi connectivity index (χ4v) is 3.49. The number of aromatic nitrogens is 10. The maximum atomic E-state index is 12.8. The Morgan fingerprint density at radius 3 is 2.73 bits per heavy atom. The fourth-order valence-electron chi connectivity index (χ4n) is 3.49. The van der Waals surface area contributed by atoms with E-state index in [1.807, 2.05) is 6.92 Å². The molecule has 0 amide bonds.